The molecule has 1 aromatic carbocycles. The van der Waals surface area contributed by atoms with Gasteiger partial charge >= 0.3 is 0 Å². The number of ether oxygens (including phenoxy) is 1. The molecule has 0 bridgehead atoms. The van der Waals surface area contributed by atoms with Crippen molar-refractivity contribution in [3.05, 3.63) is 86.2 Å². The maximum absolute atomic E-state index is 12.3. The number of nitrogens with zero attached hydrogens (tertiary/aromatic N) is 5. The van der Waals surface area contributed by atoms with Gasteiger partial charge < -0.3 is 15.0 Å². The molecule has 4 rings (SSSR count). The van der Waals surface area contributed by atoms with E-state index in [0.717, 1.165) is 17.1 Å². The van der Waals surface area contributed by atoms with Gasteiger partial charge in [-0.2, -0.15) is 0 Å². The first kappa shape index (κ1) is 23.7. The number of nitrogens with one attached hydrogen (secondary N) is 1. The fourth-order valence-corrected chi connectivity index (χ4v) is 4.30. The van der Waals surface area contributed by atoms with Crippen LogP contribution in [0.4, 0.5) is 5.69 Å². The van der Waals surface area contributed by atoms with Gasteiger partial charge in [-0.25, -0.2) is 4.68 Å². The average molecular weight is 499 g/mol. The van der Waals surface area contributed by atoms with Gasteiger partial charge in [-0.05, 0) is 36.4 Å². The molecule has 0 aliphatic carbocycles. The number of carbonyl (C=O) groups excluding carboxylic acids is 1. The monoisotopic (exact) mass is 498 g/mol. The van der Waals surface area contributed by atoms with Crippen LogP contribution in [-0.2, 0) is 11.3 Å². The highest BCUT2D eigenvalue weighted by molar-refractivity contribution is 7.17. The molecule has 0 spiro atoms. The Morgan fingerprint density at radius 3 is 2.82 bits per heavy atom. The maximum Gasteiger partial charge on any atom is 0.261 e. The van der Waals surface area contributed by atoms with Crippen LogP contribution in [0, 0.1) is 0 Å². The first-order valence-corrected chi connectivity index (χ1v) is 11.6. The third-order valence-electron chi connectivity index (χ3n) is 5.12. The van der Waals surface area contributed by atoms with Crippen molar-refractivity contribution in [1.82, 2.24) is 24.9 Å². The molecule has 176 valence electrons. The van der Waals surface area contributed by atoms with Crippen LogP contribution in [0.15, 0.2) is 65.7 Å². The standard InChI is InChI=1S/C23H23ClN6O3S/c1-28(11-12-33-2)19-13-17(29-10-4-3-5-22(29)31)6-7-18(19)30-15-16(26-27-30)14-25-23(32)20-8-9-21(24)34-20/h3-10,13,15H,11-12,14H2,1-2H3,(H,25,32). The van der Waals surface area contributed by atoms with Gasteiger partial charge in [-0.3, -0.25) is 14.2 Å². The topological polar surface area (TPSA) is 94.3 Å². The largest absolute Gasteiger partial charge is 0.383 e. The van der Waals surface area contributed by atoms with Gasteiger partial charge in [0.05, 0.1) is 45.6 Å². The number of benzene rings is 1. The van der Waals surface area contributed by atoms with Crippen molar-refractivity contribution in [2.45, 2.75) is 6.54 Å². The second-order valence-electron chi connectivity index (χ2n) is 7.44. The number of pyridine rings is 1. The summed E-state index contributed by atoms with van der Waals surface area (Å²) in [5.74, 6) is -0.218. The predicted molar refractivity (Wildman–Crippen MR) is 133 cm³/mol. The summed E-state index contributed by atoms with van der Waals surface area (Å²) in [5.41, 5.74) is 2.84. The Labute approximate surface area is 205 Å². The van der Waals surface area contributed by atoms with E-state index in [9.17, 15) is 9.59 Å². The molecule has 1 amide bonds. The van der Waals surface area contributed by atoms with E-state index in [2.05, 4.69) is 15.6 Å². The number of halogens is 1. The van der Waals surface area contributed by atoms with Gasteiger partial charge in [-0.15, -0.1) is 16.4 Å². The van der Waals surface area contributed by atoms with Crippen LogP contribution in [0.3, 0.4) is 0 Å². The summed E-state index contributed by atoms with van der Waals surface area (Å²) >= 11 is 7.12. The third kappa shape index (κ3) is 5.36. The lowest BCUT2D eigenvalue weighted by Crippen LogP contribution is -2.24. The Balaban J connectivity index is 1.60. The van der Waals surface area contributed by atoms with Gasteiger partial charge in [0.1, 0.15) is 5.69 Å². The Kier molecular flexibility index (Phi) is 7.41. The number of anilines is 1. The van der Waals surface area contributed by atoms with Crippen molar-refractivity contribution >= 4 is 34.5 Å². The predicted octanol–water partition coefficient (Wildman–Crippen LogP) is 3.15. The van der Waals surface area contributed by atoms with Crippen LogP contribution in [0.5, 0.6) is 0 Å². The summed E-state index contributed by atoms with van der Waals surface area (Å²) in [6.45, 7) is 1.39. The minimum absolute atomic E-state index is 0.119. The van der Waals surface area contributed by atoms with E-state index in [0.29, 0.717) is 28.1 Å². The molecule has 0 atom stereocenters. The van der Waals surface area contributed by atoms with Crippen LogP contribution in [0.2, 0.25) is 4.34 Å². The Bertz CT molecular complexity index is 1350. The van der Waals surface area contributed by atoms with E-state index in [1.165, 1.54) is 17.4 Å². The first-order valence-electron chi connectivity index (χ1n) is 10.4. The van der Waals surface area contributed by atoms with Gasteiger partial charge in [-0.1, -0.05) is 22.9 Å². The highest BCUT2D eigenvalue weighted by Gasteiger charge is 2.15. The molecule has 0 aliphatic heterocycles. The summed E-state index contributed by atoms with van der Waals surface area (Å²) in [6.07, 6.45) is 3.49. The fraction of sp³-hybridized carbons (Fsp3) is 0.217. The number of hydrogen-bond acceptors (Lipinski definition) is 7. The number of methoxy groups -OCH3 is 1. The SMILES string of the molecule is COCCN(C)c1cc(-n2ccccc2=O)ccc1-n1cc(CNC(=O)c2ccc(Cl)s2)nn1. The molecule has 0 aliphatic rings. The molecule has 3 heterocycles. The Morgan fingerprint density at radius 1 is 1.24 bits per heavy atom. The van der Waals surface area contributed by atoms with Crippen LogP contribution < -0.4 is 15.8 Å². The Hall–Kier alpha value is -3.47. The van der Waals surface area contributed by atoms with Crippen molar-refractivity contribution < 1.29 is 9.53 Å². The van der Waals surface area contributed by atoms with E-state index >= 15 is 0 Å². The van der Waals surface area contributed by atoms with Crippen molar-refractivity contribution in [1.29, 1.82) is 0 Å². The summed E-state index contributed by atoms with van der Waals surface area (Å²) in [5, 5.41) is 11.3. The van der Waals surface area contributed by atoms with Gasteiger partial charge in [0.25, 0.3) is 11.5 Å². The van der Waals surface area contributed by atoms with Crippen molar-refractivity contribution in [2.75, 3.05) is 32.2 Å². The number of carbonyl (C=O) groups is 1. The molecular weight excluding hydrogens is 476 g/mol. The Morgan fingerprint density at radius 2 is 2.09 bits per heavy atom. The highest BCUT2D eigenvalue weighted by Crippen LogP contribution is 2.26. The molecule has 0 saturated carbocycles. The van der Waals surface area contributed by atoms with Crippen LogP contribution in [0.1, 0.15) is 15.4 Å². The van der Waals surface area contributed by atoms with Crippen molar-refractivity contribution in [3.63, 3.8) is 0 Å². The molecule has 11 heteroatoms. The number of hydrogen-bond donors (Lipinski definition) is 1. The number of thiophene rings is 1. The summed E-state index contributed by atoms with van der Waals surface area (Å²) < 4.78 is 9.02. The normalized spacial score (nSPS) is 10.9. The second kappa shape index (κ2) is 10.6. The summed E-state index contributed by atoms with van der Waals surface area (Å²) in [4.78, 5) is 27.2. The van der Waals surface area contributed by atoms with Gasteiger partial charge in [0.2, 0.25) is 0 Å². The van der Waals surface area contributed by atoms with Crippen molar-refractivity contribution in [3.8, 4) is 11.4 Å². The molecule has 9 nitrogen and oxygen atoms in total. The van der Waals surface area contributed by atoms with E-state index in [4.69, 9.17) is 16.3 Å². The molecule has 34 heavy (non-hydrogen) atoms. The molecule has 4 aromatic rings. The van der Waals surface area contributed by atoms with Crippen LogP contribution in [0.25, 0.3) is 11.4 Å². The third-order valence-corrected chi connectivity index (χ3v) is 6.35. The van der Waals surface area contributed by atoms with E-state index in [1.807, 2.05) is 36.2 Å². The smallest absolute Gasteiger partial charge is 0.261 e. The zero-order chi connectivity index (χ0) is 24.1. The second-order valence-corrected chi connectivity index (χ2v) is 9.15. The van der Waals surface area contributed by atoms with Crippen molar-refractivity contribution in [2.24, 2.45) is 0 Å². The molecule has 0 saturated heterocycles. The van der Waals surface area contributed by atoms with Crippen LogP contribution in [-0.4, -0.2) is 52.8 Å². The average Bonchev–Trinajstić information content (AvgIpc) is 3.50. The minimum Gasteiger partial charge on any atom is -0.383 e. The highest BCUT2D eigenvalue weighted by atomic mass is 35.5. The zero-order valence-corrected chi connectivity index (χ0v) is 20.2. The quantitative estimate of drug-likeness (QED) is 0.381. The molecule has 0 fully saturated rings. The molecule has 0 radical (unpaired) electrons. The van der Waals surface area contributed by atoms with E-state index in [1.54, 1.807) is 47.0 Å². The number of likely N-dealkylation sites (N-methyl/N-ethyl adjacent to an activating group) is 1. The lowest BCUT2D eigenvalue weighted by atomic mass is 10.2. The van der Waals surface area contributed by atoms with Gasteiger partial charge in [0, 0.05) is 33.0 Å². The number of rotatable bonds is 9. The molecule has 1 N–H and O–H groups in total. The lowest BCUT2D eigenvalue weighted by molar-refractivity contribution is 0.0954. The molecular formula is C23H23ClN6O3S. The zero-order valence-electron chi connectivity index (χ0n) is 18.6. The fourth-order valence-electron chi connectivity index (χ4n) is 3.34. The minimum atomic E-state index is -0.218. The summed E-state index contributed by atoms with van der Waals surface area (Å²) in [6, 6.07) is 14.1. The summed E-state index contributed by atoms with van der Waals surface area (Å²) in [7, 11) is 3.59. The van der Waals surface area contributed by atoms with Gasteiger partial charge in [0.15, 0.2) is 0 Å². The van der Waals surface area contributed by atoms with Crippen LogP contribution >= 0.6 is 22.9 Å². The van der Waals surface area contributed by atoms with E-state index < -0.39 is 0 Å². The molecule has 0 unspecified atom stereocenters. The number of amides is 1. The first-order chi connectivity index (χ1) is 16.5. The maximum atomic E-state index is 12.3. The molecule has 3 aromatic heterocycles. The lowest BCUT2D eigenvalue weighted by Gasteiger charge is -2.23. The van der Waals surface area contributed by atoms with E-state index in [-0.39, 0.29) is 18.0 Å². The number of aromatic nitrogens is 4.